The predicted molar refractivity (Wildman–Crippen MR) is 77.5 cm³/mol. The molecule has 4 atom stereocenters. The molecule has 2 fully saturated rings. The molecule has 2 bridgehead atoms. The molecule has 3 rings (SSSR count). The van der Waals surface area contributed by atoms with Gasteiger partial charge in [0.2, 0.25) is 5.91 Å². The Bertz CT molecular complexity index is 641. The molecule has 0 aliphatic heterocycles. The summed E-state index contributed by atoms with van der Waals surface area (Å²) in [5.74, 6) is -3.24. The van der Waals surface area contributed by atoms with Crippen LogP contribution in [0.15, 0.2) is 24.3 Å². The number of fused-ring (bicyclic) bond motifs is 2. The molecule has 116 valence electrons. The summed E-state index contributed by atoms with van der Waals surface area (Å²) >= 11 is 0. The van der Waals surface area contributed by atoms with Gasteiger partial charge in [-0.15, -0.1) is 0 Å². The first-order chi connectivity index (χ1) is 10.5. The number of hydrogen-bond donors (Lipinski definition) is 3. The highest BCUT2D eigenvalue weighted by molar-refractivity contribution is 5.97. The van der Waals surface area contributed by atoms with Crippen LogP contribution in [0.2, 0.25) is 0 Å². The Morgan fingerprint density at radius 1 is 1.05 bits per heavy atom. The Morgan fingerprint density at radius 2 is 1.73 bits per heavy atom. The molecule has 0 radical (unpaired) electrons. The minimum atomic E-state index is -1.07. The highest BCUT2D eigenvalue weighted by Gasteiger charge is 2.53. The van der Waals surface area contributed by atoms with E-state index in [-0.39, 0.29) is 23.3 Å². The summed E-state index contributed by atoms with van der Waals surface area (Å²) in [5, 5.41) is 21.0. The van der Waals surface area contributed by atoms with Gasteiger partial charge in [0.25, 0.3) is 0 Å². The lowest BCUT2D eigenvalue weighted by Crippen LogP contribution is -2.37. The predicted octanol–water partition coefficient (Wildman–Crippen LogP) is 2.07. The van der Waals surface area contributed by atoms with Gasteiger partial charge in [0.05, 0.1) is 17.4 Å². The number of amides is 1. The standard InChI is InChI=1S/C16H17NO5/c18-14(17-11-3-1-2-10(7-11)15(19)20)12-8-4-5-9(6-8)13(12)16(21)22/h1-3,7-9,12-13H,4-6H2,(H,17,18)(H,19,20)(H,21,22). The Balaban J connectivity index is 1.78. The van der Waals surface area contributed by atoms with E-state index < -0.39 is 23.8 Å². The van der Waals surface area contributed by atoms with Gasteiger partial charge in [0.1, 0.15) is 0 Å². The number of carboxylic acids is 2. The fourth-order valence-electron chi connectivity index (χ4n) is 3.98. The molecule has 1 amide bonds. The number of carboxylic acid groups (broad SMARTS) is 2. The maximum absolute atomic E-state index is 12.5. The van der Waals surface area contributed by atoms with Gasteiger partial charge in [-0.2, -0.15) is 0 Å². The van der Waals surface area contributed by atoms with Crippen LogP contribution < -0.4 is 5.32 Å². The Hall–Kier alpha value is -2.37. The molecular weight excluding hydrogens is 286 g/mol. The average Bonchev–Trinajstić information content (AvgIpc) is 3.07. The topological polar surface area (TPSA) is 104 Å². The van der Waals surface area contributed by atoms with Crippen molar-refractivity contribution in [3.8, 4) is 0 Å². The highest BCUT2D eigenvalue weighted by atomic mass is 16.4. The van der Waals surface area contributed by atoms with Crippen molar-refractivity contribution in [1.29, 1.82) is 0 Å². The monoisotopic (exact) mass is 303 g/mol. The van der Waals surface area contributed by atoms with Crippen molar-refractivity contribution < 1.29 is 24.6 Å². The fourth-order valence-corrected chi connectivity index (χ4v) is 3.98. The lowest BCUT2D eigenvalue weighted by molar-refractivity contribution is -0.148. The summed E-state index contributed by atoms with van der Waals surface area (Å²) in [5.41, 5.74) is 0.470. The van der Waals surface area contributed by atoms with Crippen molar-refractivity contribution in [3.05, 3.63) is 29.8 Å². The minimum Gasteiger partial charge on any atom is -0.481 e. The number of carbonyl (C=O) groups excluding carboxylic acids is 1. The second kappa shape index (κ2) is 5.44. The van der Waals surface area contributed by atoms with Crippen LogP contribution in [0.5, 0.6) is 0 Å². The van der Waals surface area contributed by atoms with Crippen molar-refractivity contribution >= 4 is 23.5 Å². The van der Waals surface area contributed by atoms with Crippen LogP contribution in [0.3, 0.4) is 0 Å². The maximum atomic E-state index is 12.5. The van der Waals surface area contributed by atoms with Crippen molar-refractivity contribution in [2.45, 2.75) is 19.3 Å². The van der Waals surface area contributed by atoms with Crippen LogP contribution in [0, 0.1) is 23.7 Å². The molecule has 3 N–H and O–H groups in total. The van der Waals surface area contributed by atoms with Crippen molar-refractivity contribution in [3.63, 3.8) is 0 Å². The second-order valence-electron chi connectivity index (χ2n) is 6.10. The summed E-state index contributed by atoms with van der Waals surface area (Å²) in [6.45, 7) is 0. The van der Waals surface area contributed by atoms with E-state index in [4.69, 9.17) is 5.11 Å². The van der Waals surface area contributed by atoms with Crippen molar-refractivity contribution in [1.82, 2.24) is 0 Å². The molecule has 4 unspecified atom stereocenters. The summed E-state index contributed by atoms with van der Waals surface area (Å²) in [4.78, 5) is 34.9. The second-order valence-corrected chi connectivity index (χ2v) is 6.10. The Kier molecular flexibility index (Phi) is 3.60. The van der Waals surface area contributed by atoms with Crippen molar-refractivity contribution in [2.75, 3.05) is 5.32 Å². The number of nitrogens with one attached hydrogen (secondary N) is 1. The van der Waals surface area contributed by atoms with Gasteiger partial charge in [-0.1, -0.05) is 6.07 Å². The third-order valence-corrected chi connectivity index (χ3v) is 4.88. The molecule has 2 aliphatic carbocycles. The van der Waals surface area contributed by atoms with E-state index >= 15 is 0 Å². The number of rotatable bonds is 4. The molecule has 0 spiro atoms. The number of aromatic carboxylic acids is 1. The normalized spacial score (nSPS) is 29.3. The Labute approximate surface area is 127 Å². The van der Waals surface area contributed by atoms with Gasteiger partial charge < -0.3 is 15.5 Å². The lowest BCUT2D eigenvalue weighted by Gasteiger charge is -2.27. The maximum Gasteiger partial charge on any atom is 0.335 e. The molecule has 2 saturated carbocycles. The average molecular weight is 303 g/mol. The molecule has 22 heavy (non-hydrogen) atoms. The third kappa shape index (κ3) is 2.45. The summed E-state index contributed by atoms with van der Waals surface area (Å²) < 4.78 is 0. The zero-order valence-corrected chi connectivity index (χ0v) is 11.9. The zero-order valence-electron chi connectivity index (χ0n) is 11.9. The molecule has 6 nitrogen and oxygen atoms in total. The van der Waals surface area contributed by atoms with Crippen LogP contribution in [0.25, 0.3) is 0 Å². The van der Waals surface area contributed by atoms with Crippen LogP contribution in [0.1, 0.15) is 29.6 Å². The SMILES string of the molecule is O=C(O)c1cccc(NC(=O)C2C3CCC(C3)C2C(=O)O)c1. The molecule has 1 aromatic rings. The van der Waals surface area contributed by atoms with Crippen LogP contribution in [0.4, 0.5) is 5.69 Å². The summed E-state index contributed by atoms with van der Waals surface area (Å²) in [7, 11) is 0. The molecule has 0 aromatic heterocycles. The number of carbonyl (C=O) groups is 3. The number of aliphatic carboxylic acids is 1. The molecule has 0 heterocycles. The first-order valence-electron chi connectivity index (χ1n) is 7.34. The van der Waals surface area contributed by atoms with Gasteiger partial charge in [0.15, 0.2) is 0 Å². The smallest absolute Gasteiger partial charge is 0.335 e. The molecular formula is C16H17NO5. The van der Waals surface area contributed by atoms with Gasteiger partial charge in [-0.25, -0.2) is 4.79 Å². The number of hydrogen-bond acceptors (Lipinski definition) is 3. The van der Waals surface area contributed by atoms with Gasteiger partial charge in [-0.3, -0.25) is 9.59 Å². The third-order valence-electron chi connectivity index (χ3n) is 4.88. The van der Waals surface area contributed by atoms with Crippen LogP contribution >= 0.6 is 0 Å². The number of anilines is 1. The quantitative estimate of drug-likeness (QED) is 0.790. The minimum absolute atomic E-state index is 0.0838. The van der Waals surface area contributed by atoms with Crippen molar-refractivity contribution in [2.24, 2.45) is 23.7 Å². The molecule has 0 saturated heterocycles. The van der Waals surface area contributed by atoms with E-state index in [0.717, 1.165) is 19.3 Å². The largest absolute Gasteiger partial charge is 0.481 e. The van der Waals surface area contributed by atoms with Gasteiger partial charge >= 0.3 is 11.9 Å². The summed E-state index contributed by atoms with van der Waals surface area (Å²) in [6.07, 6.45) is 2.56. The highest BCUT2D eigenvalue weighted by Crippen LogP contribution is 2.52. The first-order valence-corrected chi connectivity index (χ1v) is 7.34. The van der Waals surface area contributed by atoms with Crippen LogP contribution in [-0.4, -0.2) is 28.1 Å². The van der Waals surface area contributed by atoms with Gasteiger partial charge in [-0.05, 0) is 49.3 Å². The molecule has 1 aromatic carbocycles. The van der Waals surface area contributed by atoms with E-state index in [1.807, 2.05) is 0 Å². The molecule has 2 aliphatic rings. The number of benzene rings is 1. The fraction of sp³-hybridized carbons (Fsp3) is 0.438. The van der Waals surface area contributed by atoms with E-state index in [0.29, 0.717) is 5.69 Å². The summed E-state index contributed by atoms with van der Waals surface area (Å²) in [6, 6.07) is 5.97. The van der Waals surface area contributed by atoms with E-state index in [2.05, 4.69) is 5.32 Å². The van der Waals surface area contributed by atoms with Gasteiger partial charge in [0, 0.05) is 5.69 Å². The zero-order chi connectivity index (χ0) is 15.9. The van der Waals surface area contributed by atoms with Crippen LogP contribution in [-0.2, 0) is 9.59 Å². The van der Waals surface area contributed by atoms with E-state index in [9.17, 15) is 19.5 Å². The van der Waals surface area contributed by atoms with E-state index in [1.54, 1.807) is 12.1 Å². The molecule has 6 heteroatoms. The lowest BCUT2D eigenvalue weighted by atomic mass is 9.78. The Morgan fingerprint density at radius 3 is 2.36 bits per heavy atom. The first kappa shape index (κ1) is 14.6. The van der Waals surface area contributed by atoms with E-state index in [1.165, 1.54) is 12.1 Å².